The molecular weight excluding hydrogens is 564 g/mol. The van der Waals surface area contributed by atoms with Crippen molar-refractivity contribution in [3.05, 3.63) is 63.4 Å². The smallest absolute Gasteiger partial charge is 0.460 e. The van der Waals surface area contributed by atoms with Gasteiger partial charge in [0, 0.05) is 12.3 Å². The number of H-pyrrole nitrogens is 1. The first-order valence-electron chi connectivity index (χ1n) is 13.0. The minimum Gasteiger partial charge on any atom is -0.461 e. The average molecular weight is 594 g/mol. The largest absolute Gasteiger partial charge is 0.461 e. The van der Waals surface area contributed by atoms with Gasteiger partial charge in [0.1, 0.15) is 17.9 Å². The third kappa shape index (κ3) is 4.92. The second-order valence-electron chi connectivity index (χ2n) is 10.2. The molecule has 1 saturated heterocycles. The van der Waals surface area contributed by atoms with Crippen molar-refractivity contribution in [3.8, 4) is 18.1 Å². The van der Waals surface area contributed by atoms with Gasteiger partial charge >= 0.3 is 19.4 Å². The third-order valence-corrected chi connectivity index (χ3v) is 9.09. The molecule has 0 radical (unpaired) electrons. The number of para-hydroxylation sites is 1. The number of halogens is 1. The van der Waals surface area contributed by atoms with Crippen molar-refractivity contribution in [2.24, 2.45) is 0 Å². The Hall–Kier alpha value is -3.31. The van der Waals surface area contributed by atoms with Crippen molar-refractivity contribution >= 4 is 13.7 Å². The number of carbonyl (C=O) groups excluding carboxylic acids is 1. The Morgan fingerprint density at radius 1 is 1.24 bits per heavy atom. The molecule has 220 valence electrons. The molecule has 7 atom stereocenters. The fraction of sp³-hybridized carbons (Fsp3) is 0.500. The number of esters is 1. The van der Waals surface area contributed by atoms with Crippen molar-refractivity contribution < 1.29 is 42.5 Å². The number of rotatable bonds is 9. The number of aromatic nitrogens is 2. The molecule has 41 heavy (non-hydrogen) atoms. The van der Waals surface area contributed by atoms with Gasteiger partial charge in [-0.15, -0.1) is 6.42 Å². The van der Waals surface area contributed by atoms with Crippen LogP contribution >= 0.6 is 7.75 Å². The topological polar surface area (TPSA) is 178 Å². The Bertz CT molecular complexity index is 1520. The predicted octanol–water partition coefficient (Wildman–Crippen LogP) is 1.27. The zero-order chi connectivity index (χ0) is 29.6. The quantitative estimate of drug-likeness (QED) is 0.187. The third-order valence-electron chi connectivity index (χ3n) is 7.45. The number of aromatic amines is 1. The molecule has 15 heteroatoms. The molecule has 13 nitrogen and oxygen atoms in total. The Balaban J connectivity index is 1.40. The molecule has 2 aromatic rings. The molecule has 0 amide bonds. The maximum atomic E-state index is 16.1. The standard InChI is InChI=1S/C26H29FN3O10P/c1-3-24(34)22(30-15-14-19(31)28-23(30)33)38-26(27)21(25(24,26)35)40-41(36,39-18-12-8-5-9-13-18)29-16(2)20(32)37-17-10-6-4-7-11-17/h1,5,8-9,12-17,21-22,34-35H,4,6-7,10-11H2,2H3,(H,29,36)(H,28,31,33)/t16?,21?,22-,24+,25+,26?,41?/m1/s1. The second kappa shape index (κ2) is 10.5. The van der Waals surface area contributed by atoms with E-state index in [1.165, 1.54) is 19.1 Å². The molecule has 0 bridgehead atoms. The van der Waals surface area contributed by atoms with Gasteiger partial charge in [-0.3, -0.25) is 23.7 Å². The summed E-state index contributed by atoms with van der Waals surface area (Å²) in [7, 11) is -4.74. The summed E-state index contributed by atoms with van der Waals surface area (Å²) in [6.07, 6.45) is 6.08. The van der Waals surface area contributed by atoms with E-state index in [-0.39, 0.29) is 11.9 Å². The highest BCUT2D eigenvalue weighted by Crippen LogP contribution is 2.71. The monoisotopic (exact) mass is 593 g/mol. The minimum atomic E-state index is -4.74. The number of terminal acetylenes is 1. The number of nitrogens with zero attached hydrogens (tertiary/aromatic N) is 1. The van der Waals surface area contributed by atoms with E-state index in [1.54, 1.807) is 18.2 Å². The Morgan fingerprint density at radius 2 is 1.93 bits per heavy atom. The predicted molar refractivity (Wildman–Crippen MR) is 139 cm³/mol. The van der Waals surface area contributed by atoms with E-state index in [2.05, 4.69) is 5.09 Å². The summed E-state index contributed by atoms with van der Waals surface area (Å²) in [5.74, 6) is -2.19. The zero-order valence-corrected chi connectivity index (χ0v) is 22.8. The molecule has 0 spiro atoms. The van der Waals surface area contributed by atoms with Gasteiger partial charge < -0.3 is 24.2 Å². The molecular formula is C26H29FN3O10P. The van der Waals surface area contributed by atoms with Crippen LogP contribution in [-0.2, 0) is 23.4 Å². The molecule has 2 saturated carbocycles. The molecule has 3 fully saturated rings. The lowest BCUT2D eigenvalue weighted by atomic mass is 9.93. The van der Waals surface area contributed by atoms with Gasteiger partial charge in [0.05, 0.1) is 0 Å². The van der Waals surface area contributed by atoms with Crippen LogP contribution in [0.1, 0.15) is 45.3 Å². The first-order valence-corrected chi connectivity index (χ1v) is 14.5. The van der Waals surface area contributed by atoms with E-state index < -0.39 is 60.4 Å². The van der Waals surface area contributed by atoms with Crippen LogP contribution in [0, 0.1) is 12.3 Å². The lowest BCUT2D eigenvalue weighted by Crippen LogP contribution is -2.52. The van der Waals surface area contributed by atoms with Crippen LogP contribution in [-0.4, -0.2) is 61.0 Å². The summed E-state index contributed by atoms with van der Waals surface area (Å²) >= 11 is 0. The summed E-state index contributed by atoms with van der Waals surface area (Å²) in [6.45, 7) is 1.34. The molecule has 1 aromatic carbocycles. The van der Waals surface area contributed by atoms with Gasteiger partial charge in [-0.1, -0.05) is 30.5 Å². The molecule has 1 aromatic heterocycles. The number of fused-ring (bicyclic) bond motifs is 1. The van der Waals surface area contributed by atoms with Crippen LogP contribution < -0.4 is 20.9 Å². The second-order valence-corrected chi connectivity index (χ2v) is 11.9. The van der Waals surface area contributed by atoms with Gasteiger partial charge in [0.2, 0.25) is 11.2 Å². The van der Waals surface area contributed by atoms with Crippen molar-refractivity contribution in [1.82, 2.24) is 14.6 Å². The minimum absolute atomic E-state index is 0.00712. The Morgan fingerprint density at radius 3 is 2.56 bits per heavy atom. The van der Waals surface area contributed by atoms with Gasteiger partial charge in [0.25, 0.3) is 11.4 Å². The lowest BCUT2D eigenvalue weighted by Gasteiger charge is -2.32. The Kier molecular flexibility index (Phi) is 7.48. The number of nitrogens with one attached hydrogen (secondary N) is 2. The van der Waals surface area contributed by atoms with Crippen molar-refractivity contribution in [1.29, 1.82) is 0 Å². The summed E-state index contributed by atoms with van der Waals surface area (Å²) in [5.41, 5.74) is -7.88. The molecule has 3 aliphatic rings. The van der Waals surface area contributed by atoms with Crippen LogP contribution in [0.15, 0.2) is 52.2 Å². The molecule has 2 aliphatic carbocycles. The first-order chi connectivity index (χ1) is 19.4. The summed E-state index contributed by atoms with van der Waals surface area (Å²) in [4.78, 5) is 38.4. The summed E-state index contributed by atoms with van der Waals surface area (Å²) < 4.78 is 52.3. The van der Waals surface area contributed by atoms with Crippen LogP contribution in [0.2, 0.25) is 0 Å². The van der Waals surface area contributed by atoms with E-state index in [1.807, 2.05) is 10.9 Å². The highest BCUT2D eigenvalue weighted by atomic mass is 31.2. The number of hydrogen-bond donors (Lipinski definition) is 4. The van der Waals surface area contributed by atoms with Gasteiger partial charge in [-0.25, -0.2) is 13.8 Å². The number of benzene rings is 1. The van der Waals surface area contributed by atoms with E-state index >= 15 is 4.39 Å². The van der Waals surface area contributed by atoms with Crippen LogP contribution in [0.3, 0.4) is 0 Å². The fourth-order valence-corrected chi connectivity index (χ4v) is 6.89. The van der Waals surface area contributed by atoms with E-state index in [4.69, 9.17) is 24.9 Å². The van der Waals surface area contributed by atoms with Crippen LogP contribution in [0.5, 0.6) is 5.75 Å². The molecule has 2 heterocycles. The van der Waals surface area contributed by atoms with Crippen molar-refractivity contribution in [2.45, 2.75) is 80.6 Å². The SMILES string of the molecule is C#C[C@]1(O)[C@H](n2ccc(=O)[nH]c2=O)OC2(F)C(OP(=O)(NC(C)C(=O)OC3CCCCC3)Oc3ccccc3)[C@@]21O. The molecule has 5 rings (SSSR count). The van der Waals surface area contributed by atoms with E-state index in [0.717, 1.165) is 31.5 Å². The average Bonchev–Trinajstić information content (AvgIpc) is 3.32. The summed E-state index contributed by atoms with van der Waals surface area (Å²) in [6, 6.07) is 7.24. The van der Waals surface area contributed by atoms with Crippen molar-refractivity contribution in [2.75, 3.05) is 0 Å². The highest BCUT2D eigenvalue weighted by molar-refractivity contribution is 7.52. The first kappa shape index (κ1) is 29.2. The molecule has 4 N–H and O–H groups in total. The maximum Gasteiger partial charge on any atom is 0.460 e. The summed E-state index contributed by atoms with van der Waals surface area (Å²) in [5, 5.41) is 24.9. The van der Waals surface area contributed by atoms with E-state index in [0.29, 0.717) is 17.4 Å². The normalized spacial score (nSPS) is 33.1. The highest BCUT2D eigenvalue weighted by Gasteiger charge is 2.97. The van der Waals surface area contributed by atoms with Gasteiger partial charge in [-0.2, -0.15) is 5.09 Å². The number of carbonyl (C=O) groups is 1. The van der Waals surface area contributed by atoms with Gasteiger partial charge in [-0.05, 0) is 44.7 Å². The number of ether oxygens (including phenoxy) is 2. The molecule has 4 unspecified atom stereocenters. The molecule has 1 aliphatic heterocycles. The van der Waals surface area contributed by atoms with Crippen molar-refractivity contribution in [3.63, 3.8) is 0 Å². The fourth-order valence-electron chi connectivity index (χ4n) is 5.19. The number of hydrogen-bond acceptors (Lipinski definition) is 10. The van der Waals surface area contributed by atoms with Crippen LogP contribution in [0.4, 0.5) is 4.39 Å². The maximum absolute atomic E-state index is 16.1. The zero-order valence-electron chi connectivity index (χ0n) is 21.9. The number of aliphatic hydroxyl groups is 2. The lowest BCUT2D eigenvalue weighted by molar-refractivity contribution is -0.167. The number of alkyl halides is 1. The van der Waals surface area contributed by atoms with Gasteiger partial charge in [0.15, 0.2) is 12.3 Å². The van der Waals surface area contributed by atoms with Crippen LogP contribution in [0.25, 0.3) is 0 Å². The van der Waals surface area contributed by atoms with E-state index in [9.17, 15) is 29.2 Å². The Labute approximate surface area is 233 Å².